The predicted molar refractivity (Wildman–Crippen MR) is 83.3 cm³/mol. The molecular weight excluding hydrogens is 318 g/mol. The maximum Gasteiger partial charge on any atom is 0.231 e. The van der Waals surface area contributed by atoms with Crippen molar-refractivity contribution >= 4 is 32.8 Å². The fourth-order valence-electron chi connectivity index (χ4n) is 1.88. The average Bonchev–Trinajstić information content (AvgIpc) is 2.47. The number of ether oxygens (including phenoxy) is 1. The maximum absolute atomic E-state index is 5.89. The molecule has 100 valence electrons. The van der Waals surface area contributed by atoms with Crippen LogP contribution in [0.3, 0.4) is 0 Å². The van der Waals surface area contributed by atoms with Crippen LogP contribution in [0.5, 0.6) is 11.6 Å². The van der Waals surface area contributed by atoms with Crippen LogP contribution < -0.4 is 10.1 Å². The number of nitrogens with zero attached hydrogens (tertiary/aromatic N) is 2. The van der Waals surface area contributed by atoms with Gasteiger partial charge in [0, 0.05) is 11.5 Å². The van der Waals surface area contributed by atoms with Crippen molar-refractivity contribution in [3.8, 4) is 11.6 Å². The van der Waals surface area contributed by atoms with Gasteiger partial charge in [-0.2, -0.15) is 4.98 Å². The van der Waals surface area contributed by atoms with Crippen molar-refractivity contribution in [3.63, 3.8) is 0 Å². The predicted octanol–water partition coefficient (Wildman–Crippen LogP) is 4.23. The molecule has 3 aromatic rings. The van der Waals surface area contributed by atoms with Gasteiger partial charge < -0.3 is 10.1 Å². The second kappa shape index (κ2) is 5.46. The highest BCUT2D eigenvalue weighted by Crippen LogP contribution is 2.29. The van der Waals surface area contributed by atoms with Crippen LogP contribution in [0.4, 0.5) is 5.95 Å². The number of hydrogen-bond acceptors (Lipinski definition) is 4. The molecule has 1 aromatic heterocycles. The Balaban J connectivity index is 2.10. The fraction of sp³-hybridized carbons (Fsp3) is 0.0667. The molecule has 20 heavy (non-hydrogen) atoms. The van der Waals surface area contributed by atoms with E-state index in [1.165, 1.54) is 0 Å². The Bertz CT molecular complexity index is 761. The molecule has 0 unspecified atom stereocenters. The average molecular weight is 330 g/mol. The number of halogens is 1. The Morgan fingerprint density at radius 1 is 1.05 bits per heavy atom. The molecule has 0 fully saturated rings. The molecule has 0 spiro atoms. The minimum Gasteiger partial charge on any atom is -0.438 e. The number of fused-ring (bicyclic) bond motifs is 1. The van der Waals surface area contributed by atoms with Crippen molar-refractivity contribution < 1.29 is 4.74 Å². The molecule has 0 atom stereocenters. The largest absolute Gasteiger partial charge is 0.438 e. The Hall–Kier alpha value is -2.14. The summed E-state index contributed by atoms with van der Waals surface area (Å²) in [5.41, 5.74) is 0.844. The summed E-state index contributed by atoms with van der Waals surface area (Å²) >= 11 is 3.43. The second-order valence-electron chi connectivity index (χ2n) is 4.18. The molecule has 3 rings (SSSR count). The quantitative estimate of drug-likeness (QED) is 0.781. The topological polar surface area (TPSA) is 47.0 Å². The Kier molecular flexibility index (Phi) is 3.52. The molecular formula is C15H12BrN3O. The summed E-state index contributed by atoms with van der Waals surface area (Å²) in [5.74, 6) is 1.80. The molecule has 2 aromatic carbocycles. The van der Waals surface area contributed by atoms with E-state index in [9.17, 15) is 0 Å². The molecule has 0 radical (unpaired) electrons. The Morgan fingerprint density at radius 3 is 2.70 bits per heavy atom. The highest BCUT2D eigenvalue weighted by molar-refractivity contribution is 9.10. The lowest BCUT2D eigenvalue weighted by Crippen LogP contribution is -1.99. The number of hydrogen-bond donors (Lipinski definition) is 1. The normalized spacial score (nSPS) is 10.5. The van der Waals surface area contributed by atoms with Crippen LogP contribution in [0.15, 0.2) is 53.0 Å². The Morgan fingerprint density at radius 2 is 1.90 bits per heavy atom. The minimum atomic E-state index is 0.536. The molecule has 1 N–H and O–H groups in total. The van der Waals surface area contributed by atoms with Crippen LogP contribution in [0.1, 0.15) is 0 Å². The molecule has 4 nitrogen and oxygen atoms in total. The molecule has 1 heterocycles. The van der Waals surface area contributed by atoms with Crippen molar-refractivity contribution in [2.24, 2.45) is 0 Å². The molecule has 0 amide bonds. The molecule has 5 heteroatoms. The van der Waals surface area contributed by atoms with Gasteiger partial charge in [0.25, 0.3) is 0 Å². The number of aromatic nitrogens is 2. The van der Waals surface area contributed by atoms with Crippen LogP contribution >= 0.6 is 15.9 Å². The van der Waals surface area contributed by atoms with Gasteiger partial charge in [-0.05, 0) is 30.3 Å². The van der Waals surface area contributed by atoms with Crippen molar-refractivity contribution in [2.75, 3.05) is 12.4 Å². The number of benzene rings is 2. The molecule has 0 aliphatic carbocycles. The summed E-state index contributed by atoms with van der Waals surface area (Å²) in [7, 11) is 1.78. The van der Waals surface area contributed by atoms with E-state index >= 15 is 0 Å². The lowest BCUT2D eigenvalue weighted by Gasteiger charge is -2.09. The van der Waals surface area contributed by atoms with E-state index in [-0.39, 0.29) is 0 Å². The van der Waals surface area contributed by atoms with Crippen molar-refractivity contribution in [2.45, 2.75) is 0 Å². The standard InChI is InChI=1S/C15H12BrN3O/c1-17-15-18-13-8-3-2-7-12(13)14(19-15)20-11-6-4-5-10(16)9-11/h2-9H,1H3,(H,17,18,19). The van der Waals surface area contributed by atoms with Gasteiger partial charge in [0.1, 0.15) is 5.75 Å². The smallest absolute Gasteiger partial charge is 0.231 e. The van der Waals surface area contributed by atoms with Gasteiger partial charge in [0.15, 0.2) is 0 Å². The third-order valence-corrected chi connectivity index (χ3v) is 3.30. The summed E-state index contributed by atoms with van der Waals surface area (Å²) in [6.45, 7) is 0. The number of para-hydroxylation sites is 1. The molecule has 0 saturated heterocycles. The van der Waals surface area contributed by atoms with Crippen molar-refractivity contribution in [1.29, 1.82) is 0 Å². The zero-order chi connectivity index (χ0) is 13.9. The van der Waals surface area contributed by atoms with Crippen LogP contribution in [0.25, 0.3) is 10.9 Å². The Labute approximate surface area is 125 Å². The third-order valence-electron chi connectivity index (χ3n) is 2.80. The summed E-state index contributed by atoms with van der Waals surface area (Å²) in [4.78, 5) is 8.79. The van der Waals surface area contributed by atoms with Crippen molar-refractivity contribution in [1.82, 2.24) is 9.97 Å². The van der Waals surface area contributed by atoms with Gasteiger partial charge in [-0.1, -0.05) is 34.1 Å². The molecule has 0 aliphatic rings. The first-order valence-electron chi connectivity index (χ1n) is 6.14. The van der Waals surface area contributed by atoms with Gasteiger partial charge >= 0.3 is 0 Å². The van der Waals surface area contributed by atoms with E-state index in [0.717, 1.165) is 21.1 Å². The zero-order valence-electron chi connectivity index (χ0n) is 10.8. The highest BCUT2D eigenvalue weighted by Gasteiger charge is 2.09. The lowest BCUT2D eigenvalue weighted by atomic mass is 10.2. The van der Waals surface area contributed by atoms with Gasteiger partial charge in [0.05, 0.1) is 10.9 Å². The van der Waals surface area contributed by atoms with Crippen LogP contribution in [0, 0.1) is 0 Å². The van der Waals surface area contributed by atoms with Crippen LogP contribution in [-0.2, 0) is 0 Å². The monoisotopic (exact) mass is 329 g/mol. The van der Waals surface area contributed by atoms with E-state index in [4.69, 9.17) is 4.74 Å². The number of nitrogens with one attached hydrogen (secondary N) is 1. The van der Waals surface area contributed by atoms with E-state index < -0.39 is 0 Å². The molecule has 0 saturated carbocycles. The summed E-state index contributed by atoms with van der Waals surface area (Å²) in [6, 6.07) is 15.4. The van der Waals surface area contributed by atoms with E-state index in [0.29, 0.717) is 11.8 Å². The summed E-state index contributed by atoms with van der Waals surface area (Å²) in [6.07, 6.45) is 0. The molecule has 0 aliphatic heterocycles. The summed E-state index contributed by atoms with van der Waals surface area (Å²) in [5, 5.41) is 3.83. The van der Waals surface area contributed by atoms with Crippen molar-refractivity contribution in [3.05, 3.63) is 53.0 Å². The third kappa shape index (κ3) is 2.58. The lowest BCUT2D eigenvalue weighted by molar-refractivity contribution is 0.469. The zero-order valence-corrected chi connectivity index (χ0v) is 12.4. The fourth-order valence-corrected chi connectivity index (χ4v) is 2.26. The van der Waals surface area contributed by atoms with E-state index in [1.54, 1.807) is 7.05 Å². The van der Waals surface area contributed by atoms with E-state index in [1.807, 2.05) is 48.5 Å². The first-order chi connectivity index (χ1) is 9.76. The molecule has 0 bridgehead atoms. The highest BCUT2D eigenvalue weighted by atomic mass is 79.9. The van der Waals surface area contributed by atoms with Gasteiger partial charge in [-0.15, -0.1) is 0 Å². The SMILES string of the molecule is CNc1nc(Oc2cccc(Br)c2)c2ccccc2n1. The van der Waals surface area contributed by atoms with Crippen LogP contribution in [0.2, 0.25) is 0 Å². The van der Waals surface area contributed by atoms with E-state index in [2.05, 4.69) is 31.2 Å². The van der Waals surface area contributed by atoms with Gasteiger partial charge in [-0.3, -0.25) is 0 Å². The number of rotatable bonds is 3. The minimum absolute atomic E-state index is 0.536. The first kappa shape index (κ1) is 12.9. The maximum atomic E-state index is 5.89. The van der Waals surface area contributed by atoms with Gasteiger partial charge in [-0.25, -0.2) is 4.98 Å². The second-order valence-corrected chi connectivity index (χ2v) is 5.09. The number of anilines is 1. The van der Waals surface area contributed by atoms with Crippen LogP contribution in [-0.4, -0.2) is 17.0 Å². The first-order valence-corrected chi connectivity index (χ1v) is 6.93. The van der Waals surface area contributed by atoms with Gasteiger partial charge in [0.2, 0.25) is 11.8 Å². The summed E-state index contributed by atoms with van der Waals surface area (Å²) < 4.78 is 6.85.